The molecule has 0 atom stereocenters. The van der Waals surface area contributed by atoms with Crippen molar-refractivity contribution in [1.82, 2.24) is 10.9 Å². The molecule has 0 radical (unpaired) electrons. The first-order valence-electron chi connectivity index (χ1n) is 7.73. The number of hydrazine groups is 1. The second kappa shape index (κ2) is 9.84. The van der Waals surface area contributed by atoms with Crippen molar-refractivity contribution in [2.45, 2.75) is 6.92 Å². The predicted octanol–water partition coefficient (Wildman–Crippen LogP) is 2.78. The lowest BCUT2D eigenvalue weighted by Gasteiger charge is -2.08. The normalized spacial score (nSPS) is 10.1. The number of aryl methyl sites for hydroxylation is 1. The van der Waals surface area contributed by atoms with Gasteiger partial charge in [0.1, 0.15) is 0 Å². The van der Waals surface area contributed by atoms with Crippen molar-refractivity contribution in [3.8, 4) is 0 Å². The van der Waals surface area contributed by atoms with Crippen LogP contribution in [-0.2, 0) is 9.59 Å². The van der Waals surface area contributed by atoms with Crippen LogP contribution in [0.25, 0.3) is 0 Å². The van der Waals surface area contributed by atoms with Crippen molar-refractivity contribution < 1.29 is 14.4 Å². The molecule has 0 aliphatic heterocycles. The highest BCUT2D eigenvalue weighted by Gasteiger charge is 2.09. The molecule has 0 bridgehead atoms. The van der Waals surface area contributed by atoms with Crippen LogP contribution >= 0.6 is 23.4 Å². The van der Waals surface area contributed by atoms with Crippen LogP contribution in [0.1, 0.15) is 15.9 Å². The second-order valence-corrected chi connectivity index (χ2v) is 6.84. The topological polar surface area (TPSA) is 87.3 Å². The van der Waals surface area contributed by atoms with Gasteiger partial charge in [0.05, 0.1) is 11.5 Å². The summed E-state index contributed by atoms with van der Waals surface area (Å²) in [6.07, 6.45) is 0. The van der Waals surface area contributed by atoms with E-state index in [0.29, 0.717) is 16.3 Å². The molecule has 3 amide bonds. The summed E-state index contributed by atoms with van der Waals surface area (Å²) in [6, 6.07) is 13.7. The smallest absolute Gasteiger partial charge is 0.269 e. The summed E-state index contributed by atoms with van der Waals surface area (Å²) < 4.78 is 0. The molecular weight excluding hydrogens is 374 g/mol. The fraction of sp³-hybridized carbons (Fsp3) is 0.167. The van der Waals surface area contributed by atoms with Crippen molar-refractivity contribution in [2.24, 2.45) is 0 Å². The third kappa shape index (κ3) is 6.78. The Morgan fingerprint density at radius 3 is 2.15 bits per heavy atom. The van der Waals surface area contributed by atoms with E-state index in [2.05, 4.69) is 16.2 Å². The van der Waals surface area contributed by atoms with Crippen molar-refractivity contribution >= 4 is 46.8 Å². The van der Waals surface area contributed by atoms with Crippen LogP contribution in [0.5, 0.6) is 0 Å². The molecule has 136 valence electrons. The molecule has 0 saturated heterocycles. The molecule has 2 aromatic rings. The molecule has 0 unspecified atom stereocenters. The summed E-state index contributed by atoms with van der Waals surface area (Å²) in [5.41, 5.74) is 6.80. The quantitative estimate of drug-likeness (QED) is 0.661. The average molecular weight is 392 g/mol. The van der Waals surface area contributed by atoms with Gasteiger partial charge < -0.3 is 5.32 Å². The molecule has 26 heavy (non-hydrogen) atoms. The van der Waals surface area contributed by atoms with Gasteiger partial charge in [-0.15, -0.1) is 11.8 Å². The summed E-state index contributed by atoms with van der Waals surface area (Å²) in [4.78, 5) is 35.4. The van der Waals surface area contributed by atoms with E-state index >= 15 is 0 Å². The van der Waals surface area contributed by atoms with E-state index in [1.165, 1.54) is 0 Å². The number of carbonyl (C=O) groups is 3. The third-order valence-electron chi connectivity index (χ3n) is 3.22. The first-order valence-corrected chi connectivity index (χ1v) is 9.26. The van der Waals surface area contributed by atoms with E-state index in [1.807, 2.05) is 31.2 Å². The zero-order valence-corrected chi connectivity index (χ0v) is 15.6. The Bertz CT molecular complexity index is 779. The lowest BCUT2D eigenvalue weighted by atomic mass is 10.2. The maximum absolute atomic E-state index is 11.8. The van der Waals surface area contributed by atoms with Gasteiger partial charge in [-0.2, -0.15) is 0 Å². The molecule has 0 aliphatic rings. The lowest BCUT2D eigenvalue weighted by Crippen LogP contribution is -2.42. The van der Waals surface area contributed by atoms with Gasteiger partial charge in [0.15, 0.2) is 0 Å². The van der Waals surface area contributed by atoms with Gasteiger partial charge in [-0.05, 0) is 43.3 Å². The van der Waals surface area contributed by atoms with Crippen LogP contribution in [0.3, 0.4) is 0 Å². The number of benzene rings is 2. The molecule has 6 nitrogen and oxygen atoms in total. The Kier molecular flexibility index (Phi) is 7.50. The minimum Gasteiger partial charge on any atom is -0.325 e. The van der Waals surface area contributed by atoms with Crippen molar-refractivity contribution in [2.75, 3.05) is 16.8 Å². The van der Waals surface area contributed by atoms with Crippen LogP contribution in [0.2, 0.25) is 5.02 Å². The van der Waals surface area contributed by atoms with Crippen molar-refractivity contribution in [3.63, 3.8) is 0 Å². The van der Waals surface area contributed by atoms with Gasteiger partial charge in [0, 0.05) is 16.3 Å². The Hall–Kier alpha value is -2.51. The zero-order chi connectivity index (χ0) is 18.9. The van der Waals surface area contributed by atoms with Gasteiger partial charge in [-0.3, -0.25) is 25.2 Å². The van der Waals surface area contributed by atoms with Crippen molar-refractivity contribution in [3.05, 3.63) is 64.7 Å². The standard InChI is InChI=1S/C18H18ClN3O3S/c1-12-2-8-15(9-3-12)20-16(23)10-26-11-17(24)21-22-18(25)13-4-6-14(19)7-5-13/h2-9H,10-11H2,1H3,(H,20,23)(H,21,24)(H,22,25). The molecule has 0 fully saturated rings. The zero-order valence-electron chi connectivity index (χ0n) is 14.0. The van der Waals surface area contributed by atoms with E-state index in [0.717, 1.165) is 17.3 Å². The molecule has 0 saturated carbocycles. The lowest BCUT2D eigenvalue weighted by molar-refractivity contribution is -0.119. The van der Waals surface area contributed by atoms with E-state index < -0.39 is 11.8 Å². The summed E-state index contributed by atoms with van der Waals surface area (Å²) in [7, 11) is 0. The van der Waals surface area contributed by atoms with Gasteiger partial charge in [-0.1, -0.05) is 29.3 Å². The minimum atomic E-state index is -0.447. The molecule has 2 aromatic carbocycles. The van der Waals surface area contributed by atoms with E-state index in [1.54, 1.807) is 24.3 Å². The monoisotopic (exact) mass is 391 g/mol. The highest BCUT2D eigenvalue weighted by molar-refractivity contribution is 8.00. The van der Waals surface area contributed by atoms with Gasteiger partial charge in [-0.25, -0.2) is 0 Å². The molecular formula is C18H18ClN3O3S. The number of carbonyl (C=O) groups excluding carboxylic acids is 3. The number of hydrogen-bond donors (Lipinski definition) is 3. The third-order valence-corrected chi connectivity index (χ3v) is 4.41. The number of anilines is 1. The Labute approximate surface area is 160 Å². The average Bonchev–Trinajstić information content (AvgIpc) is 2.62. The molecule has 2 rings (SSSR count). The van der Waals surface area contributed by atoms with Gasteiger partial charge in [0.25, 0.3) is 5.91 Å². The SMILES string of the molecule is Cc1ccc(NC(=O)CSCC(=O)NNC(=O)c2ccc(Cl)cc2)cc1. The van der Waals surface area contributed by atoms with E-state index in [4.69, 9.17) is 11.6 Å². The summed E-state index contributed by atoms with van der Waals surface area (Å²) >= 11 is 6.90. The maximum Gasteiger partial charge on any atom is 0.269 e. The number of halogens is 1. The van der Waals surface area contributed by atoms with Gasteiger partial charge >= 0.3 is 0 Å². The molecule has 0 heterocycles. The second-order valence-electron chi connectivity index (χ2n) is 5.42. The van der Waals surface area contributed by atoms with Crippen molar-refractivity contribution in [1.29, 1.82) is 0 Å². The predicted molar refractivity (Wildman–Crippen MR) is 104 cm³/mol. The summed E-state index contributed by atoms with van der Waals surface area (Å²) in [5, 5.41) is 3.27. The first kappa shape index (κ1) is 19.8. The fourth-order valence-corrected chi connectivity index (χ4v) is 2.65. The summed E-state index contributed by atoms with van der Waals surface area (Å²) in [6.45, 7) is 1.96. The molecule has 0 aliphatic carbocycles. The van der Waals surface area contributed by atoms with Gasteiger partial charge in [0.2, 0.25) is 11.8 Å². The largest absolute Gasteiger partial charge is 0.325 e. The number of amides is 3. The number of thioether (sulfide) groups is 1. The van der Waals surface area contributed by atoms with Crippen LogP contribution in [-0.4, -0.2) is 29.2 Å². The molecule has 0 aromatic heterocycles. The maximum atomic E-state index is 11.8. The fourth-order valence-electron chi connectivity index (χ4n) is 1.91. The Balaban J connectivity index is 1.65. The Morgan fingerprint density at radius 2 is 1.50 bits per heavy atom. The van der Waals surface area contributed by atoms with Crippen LogP contribution < -0.4 is 16.2 Å². The van der Waals surface area contributed by atoms with E-state index in [-0.39, 0.29) is 17.4 Å². The van der Waals surface area contributed by atoms with Crippen LogP contribution in [0.15, 0.2) is 48.5 Å². The number of hydrogen-bond acceptors (Lipinski definition) is 4. The molecule has 3 N–H and O–H groups in total. The molecule has 8 heteroatoms. The number of nitrogens with one attached hydrogen (secondary N) is 3. The Morgan fingerprint density at radius 1 is 0.885 bits per heavy atom. The molecule has 0 spiro atoms. The van der Waals surface area contributed by atoms with Crippen LogP contribution in [0.4, 0.5) is 5.69 Å². The highest BCUT2D eigenvalue weighted by Crippen LogP contribution is 2.10. The minimum absolute atomic E-state index is 0.0439. The summed E-state index contributed by atoms with van der Waals surface area (Å²) in [5.74, 6) is -0.872. The van der Waals surface area contributed by atoms with E-state index in [9.17, 15) is 14.4 Å². The first-order chi connectivity index (χ1) is 12.4. The highest BCUT2D eigenvalue weighted by atomic mass is 35.5. The number of rotatable bonds is 6. The van der Waals surface area contributed by atoms with Crippen LogP contribution in [0, 0.1) is 6.92 Å².